The summed E-state index contributed by atoms with van der Waals surface area (Å²) in [5.41, 5.74) is -1.05. The van der Waals surface area contributed by atoms with Crippen molar-refractivity contribution in [2.75, 3.05) is 13.7 Å². The van der Waals surface area contributed by atoms with Crippen LogP contribution in [0.15, 0.2) is 0 Å². The third kappa shape index (κ3) is 5.68. The molecule has 4 nitrogen and oxygen atoms in total. The smallest absolute Gasteiger partial charge is 0.414 e. The van der Waals surface area contributed by atoms with Gasteiger partial charge in [-0.05, 0) is 40.2 Å². The predicted octanol–water partition coefficient (Wildman–Crippen LogP) is 2.19. The summed E-state index contributed by atoms with van der Waals surface area (Å²) >= 11 is 0. The molecule has 7 heteroatoms. The van der Waals surface area contributed by atoms with Crippen molar-refractivity contribution in [2.24, 2.45) is 0 Å². The molecular formula is C11H20F3NO3. The highest BCUT2D eigenvalue weighted by molar-refractivity contribution is 5.78. The standard InChI is InChI=1S/C11H20F3NO3/c1-8(11(12,13)14)18-7-5-4-6-10(2,15-3)9(16)17/h8,15H,4-7H2,1-3H3,(H,16,17). The normalized spacial score (nSPS) is 17.2. The van der Waals surface area contributed by atoms with E-state index in [1.54, 1.807) is 0 Å². The monoisotopic (exact) mass is 271 g/mol. The molecule has 0 saturated carbocycles. The van der Waals surface area contributed by atoms with Crippen LogP contribution in [-0.2, 0) is 9.53 Å². The van der Waals surface area contributed by atoms with E-state index in [1.807, 2.05) is 0 Å². The maximum Gasteiger partial charge on any atom is 0.414 e. The molecule has 0 rings (SSSR count). The van der Waals surface area contributed by atoms with Crippen LogP contribution in [0.1, 0.15) is 33.1 Å². The van der Waals surface area contributed by atoms with Crippen molar-refractivity contribution in [1.82, 2.24) is 5.32 Å². The lowest BCUT2D eigenvalue weighted by molar-refractivity contribution is -0.214. The van der Waals surface area contributed by atoms with Crippen LogP contribution in [0.5, 0.6) is 0 Å². The van der Waals surface area contributed by atoms with Crippen molar-refractivity contribution in [2.45, 2.75) is 50.9 Å². The Hall–Kier alpha value is -0.820. The second-order valence-corrected chi connectivity index (χ2v) is 4.40. The first-order valence-electron chi connectivity index (χ1n) is 5.74. The summed E-state index contributed by atoms with van der Waals surface area (Å²) in [6.07, 6.45) is -4.92. The molecule has 0 aromatic carbocycles. The van der Waals surface area contributed by atoms with Gasteiger partial charge in [-0.25, -0.2) is 0 Å². The number of unbranched alkanes of at least 4 members (excludes halogenated alkanes) is 1. The van der Waals surface area contributed by atoms with Crippen molar-refractivity contribution in [1.29, 1.82) is 0 Å². The van der Waals surface area contributed by atoms with Gasteiger partial charge in [-0.3, -0.25) is 4.79 Å². The van der Waals surface area contributed by atoms with Gasteiger partial charge in [0.05, 0.1) is 0 Å². The SMILES string of the molecule is CNC(C)(CCCCOC(C)C(F)(F)F)C(=O)O. The largest absolute Gasteiger partial charge is 0.480 e. The summed E-state index contributed by atoms with van der Waals surface area (Å²) in [6, 6.07) is 0. The molecule has 0 saturated heterocycles. The molecule has 0 spiro atoms. The van der Waals surface area contributed by atoms with Crippen molar-refractivity contribution >= 4 is 5.97 Å². The Morgan fingerprint density at radius 3 is 2.33 bits per heavy atom. The Kier molecular flexibility index (Phi) is 6.62. The maximum absolute atomic E-state index is 12.1. The van der Waals surface area contributed by atoms with E-state index in [0.717, 1.165) is 6.92 Å². The zero-order chi connectivity index (χ0) is 14.4. The van der Waals surface area contributed by atoms with E-state index < -0.39 is 23.8 Å². The second kappa shape index (κ2) is 6.94. The van der Waals surface area contributed by atoms with Gasteiger partial charge in [-0.2, -0.15) is 13.2 Å². The van der Waals surface area contributed by atoms with Crippen molar-refractivity contribution in [3.8, 4) is 0 Å². The number of ether oxygens (including phenoxy) is 1. The van der Waals surface area contributed by atoms with Crippen LogP contribution in [0.2, 0.25) is 0 Å². The summed E-state index contributed by atoms with van der Waals surface area (Å²) in [5.74, 6) is -0.977. The summed E-state index contributed by atoms with van der Waals surface area (Å²) in [7, 11) is 1.54. The molecule has 0 bridgehead atoms. The van der Waals surface area contributed by atoms with E-state index in [4.69, 9.17) is 5.11 Å². The molecule has 0 radical (unpaired) electrons. The van der Waals surface area contributed by atoms with Gasteiger partial charge in [0.15, 0.2) is 6.10 Å². The zero-order valence-corrected chi connectivity index (χ0v) is 10.8. The fourth-order valence-corrected chi connectivity index (χ4v) is 1.27. The highest BCUT2D eigenvalue weighted by Crippen LogP contribution is 2.22. The molecule has 0 aliphatic rings. The minimum Gasteiger partial charge on any atom is -0.480 e. The fourth-order valence-electron chi connectivity index (χ4n) is 1.27. The van der Waals surface area contributed by atoms with Gasteiger partial charge in [0.1, 0.15) is 5.54 Å². The Bertz CT molecular complexity index is 271. The molecule has 0 amide bonds. The van der Waals surface area contributed by atoms with Crippen LogP contribution in [0.25, 0.3) is 0 Å². The predicted molar refractivity (Wildman–Crippen MR) is 60.4 cm³/mol. The number of carboxylic acids is 1. The first-order valence-corrected chi connectivity index (χ1v) is 5.74. The number of carbonyl (C=O) groups is 1. The molecule has 0 aromatic rings. The average Bonchev–Trinajstić information content (AvgIpc) is 2.26. The lowest BCUT2D eigenvalue weighted by Crippen LogP contribution is -2.47. The van der Waals surface area contributed by atoms with Gasteiger partial charge >= 0.3 is 12.1 Å². The molecule has 0 aliphatic carbocycles. The summed E-state index contributed by atoms with van der Waals surface area (Å²) in [5, 5.41) is 11.6. The minimum absolute atomic E-state index is 0.0277. The first kappa shape index (κ1) is 17.2. The van der Waals surface area contributed by atoms with Crippen LogP contribution in [0, 0.1) is 0 Å². The van der Waals surface area contributed by atoms with Crippen LogP contribution >= 0.6 is 0 Å². The van der Waals surface area contributed by atoms with Crippen LogP contribution < -0.4 is 5.32 Å². The van der Waals surface area contributed by atoms with Gasteiger partial charge < -0.3 is 15.2 Å². The Labute approximate surface area is 105 Å². The zero-order valence-electron chi connectivity index (χ0n) is 10.8. The van der Waals surface area contributed by atoms with Gasteiger partial charge in [0.25, 0.3) is 0 Å². The number of alkyl halides is 3. The number of aliphatic carboxylic acids is 1. The molecule has 108 valence electrons. The second-order valence-electron chi connectivity index (χ2n) is 4.40. The molecule has 2 atom stereocenters. The van der Waals surface area contributed by atoms with Crippen molar-refractivity contribution in [3.63, 3.8) is 0 Å². The molecule has 0 fully saturated rings. The Morgan fingerprint density at radius 2 is 1.94 bits per heavy atom. The molecule has 2 N–H and O–H groups in total. The topological polar surface area (TPSA) is 58.6 Å². The van der Waals surface area contributed by atoms with E-state index in [2.05, 4.69) is 10.1 Å². The average molecular weight is 271 g/mol. The summed E-state index contributed by atoms with van der Waals surface area (Å²) < 4.78 is 40.9. The summed E-state index contributed by atoms with van der Waals surface area (Å²) in [6.45, 7) is 2.46. The molecular weight excluding hydrogens is 251 g/mol. The third-order valence-corrected chi connectivity index (χ3v) is 2.92. The molecule has 0 aliphatic heterocycles. The van der Waals surface area contributed by atoms with Crippen LogP contribution in [0.3, 0.4) is 0 Å². The first-order chi connectivity index (χ1) is 8.13. The fraction of sp³-hybridized carbons (Fsp3) is 0.909. The van der Waals surface area contributed by atoms with E-state index in [1.165, 1.54) is 14.0 Å². The van der Waals surface area contributed by atoms with Crippen molar-refractivity contribution in [3.05, 3.63) is 0 Å². The number of nitrogens with one attached hydrogen (secondary N) is 1. The van der Waals surface area contributed by atoms with Crippen LogP contribution in [0.4, 0.5) is 13.2 Å². The van der Waals surface area contributed by atoms with Crippen LogP contribution in [-0.4, -0.2) is 42.5 Å². The molecule has 2 unspecified atom stereocenters. The number of rotatable bonds is 8. The summed E-state index contributed by atoms with van der Waals surface area (Å²) in [4.78, 5) is 10.9. The Morgan fingerprint density at radius 1 is 1.39 bits per heavy atom. The van der Waals surface area contributed by atoms with Gasteiger partial charge in [-0.15, -0.1) is 0 Å². The van der Waals surface area contributed by atoms with E-state index in [0.29, 0.717) is 19.3 Å². The molecule has 0 aromatic heterocycles. The lowest BCUT2D eigenvalue weighted by atomic mass is 9.95. The van der Waals surface area contributed by atoms with Crippen molar-refractivity contribution < 1.29 is 27.8 Å². The van der Waals surface area contributed by atoms with E-state index in [-0.39, 0.29) is 6.61 Å². The number of hydrogen-bond acceptors (Lipinski definition) is 3. The van der Waals surface area contributed by atoms with Gasteiger partial charge in [-0.1, -0.05) is 0 Å². The highest BCUT2D eigenvalue weighted by atomic mass is 19.4. The molecule has 0 heterocycles. The number of carboxylic acid groups (broad SMARTS) is 1. The van der Waals surface area contributed by atoms with E-state index >= 15 is 0 Å². The van der Waals surface area contributed by atoms with Gasteiger partial charge in [0.2, 0.25) is 0 Å². The quantitative estimate of drug-likeness (QED) is 0.664. The lowest BCUT2D eigenvalue weighted by Gasteiger charge is -2.24. The number of hydrogen-bond donors (Lipinski definition) is 2. The third-order valence-electron chi connectivity index (χ3n) is 2.92. The maximum atomic E-state index is 12.1. The minimum atomic E-state index is -4.35. The van der Waals surface area contributed by atoms with E-state index in [9.17, 15) is 18.0 Å². The molecule has 18 heavy (non-hydrogen) atoms. The van der Waals surface area contributed by atoms with Gasteiger partial charge in [0, 0.05) is 6.61 Å². The Balaban J connectivity index is 3.84. The highest BCUT2D eigenvalue weighted by Gasteiger charge is 2.36. The number of likely N-dealkylation sites (N-methyl/N-ethyl adjacent to an activating group) is 1. The number of halogens is 3.